The second-order valence-electron chi connectivity index (χ2n) is 5.17. The molecule has 0 spiro atoms. The fraction of sp³-hybridized carbons (Fsp3) is 0.769. The van der Waals surface area contributed by atoms with Crippen molar-refractivity contribution < 1.29 is 0 Å². The molecule has 0 aromatic carbocycles. The summed E-state index contributed by atoms with van der Waals surface area (Å²) in [5.74, 6) is 1.55. The van der Waals surface area contributed by atoms with Crippen molar-refractivity contribution >= 4 is 0 Å². The van der Waals surface area contributed by atoms with Gasteiger partial charge < -0.3 is 5.73 Å². The summed E-state index contributed by atoms with van der Waals surface area (Å²) in [6.07, 6.45) is 10.6. The van der Waals surface area contributed by atoms with E-state index >= 15 is 0 Å². The van der Waals surface area contributed by atoms with Gasteiger partial charge in [-0.25, -0.2) is 0 Å². The van der Waals surface area contributed by atoms with Gasteiger partial charge in [-0.05, 0) is 24.7 Å². The molecule has 0 bridgehead atoms. The van der Waals surface area contributed by atoms with Crippen LogP contribution in [0.25, 0.3) is 0 Å². The van der Waals surface area contributed by atoms with Crippen molar-refractivity contribution in [2.45, 2.75) is 45.1 Å². The zero-order valence-corrected chi connectivity index (χ0v) is 10.4. The van der Waals surface area contributed by atoms with E-state index in [2.05, 4.69) is 18.2 Å². The molecule has 1 aromatic heterocycles. The molecule has 1 aliphatic rings. The Kier molecular flexibility index (Phi) is 3.64. The van der Waals surface area contributed by atoms with Crippen molar-refractivity contribution in [2.24, 2.45) is 24.6 Å². The summed E-state index contributed by atoms with van der Waals surface area (Å²) in [5, 5.41) is 4.21. The van der Waals surface area contributed by atoms with Crippen LogP contribution in [0.4, 0.5) is 0 Å². The van der Waals surface area contributed by atoms with Gasteiger partial charge in [-0.15, -0.1) is 0 Å². The van der Waals surface area contributed by atoms with Gasteiger partial charge in [0, 0.05) is 24.8 Å². The molecule has 1 fully saturated rings. The lowest BCUT2D eigenvalue weighted by Gasteiger charge is -2.32. The van der Waals surface area contributed by atoms with Gasteiger partial charge in [-0.1, -0.05) is 26.2 Å². The zero-order valence-electron chi connectivity index (χ0n) is 10.4. The number of nitrogens with two attached hydrogens (primary N) is 1. The van der Waals surface area contributed by atoms with Crippen LogP contribution in [0, 0.1) is 11.8 Å². The van der Waals surface area contributed by atoms with Crippen LogP contribution < -0.4 is 5.73 Å². The third kappa shape index (κ3) is 2.46. The van der Waals surface area contributed by atoms with Crippen molar-refractivity contribution in [3.05, 3.63) is 18.0 Å². The molecule has 3 atom stereocenters. The number of nitrogens with zero attached hydrogens (tertiary/aromatic N) is 2. The SMILES string of the molecule is CCC1CCCC(C(N)c2cnn(C)c2)C1. The molecule has 3 nitrogen and oxygen atoms in total. The first-order valence-electron chi connectivity index (χ1n) is 6.44. The summed E-state index contributed by atoms with van der Waals surface area (Å²) in [6, 6.07) is 0.183. The van der Waals surface area contributed by atoms with Crippen LogP contribution in [0.2, 0.25) is 0 Å². The number of rotatable bonds is 3. The molecular formula is C13H23N3. The fourth-order valence-electron chi connectivity index (χ4n) is 2.91. The quantitative estimate of drug-likeness (QED) is 0.852. The average molecular weight is 221 g/mol. The predicted octanol–water partition coefficient (Wildman–Crippen LogP) is 2.64. The molecule has 0 radical (unpaired) electrons. The van der Waals surface area contributed by atoms with Crippen LogP contribution in [0.15, 0.2) is 12.4 Å². The summed E-state index contributed by atoms with van der Waals surface area (Å²) >= 11 is 0. The Bertz CT molecular complexity index is 332. The number of hydrogen-bond donors (Lipinski definition) is 1. The third-order valence-corrected chi connectivity index (χ3v) is 4.02. The van der Waals surface area contributed by atoms with Crippen LogP contribution in [-0.2, 0) is 7.05 Å². The molecule has 1 aliphatic carbocycles. The fourth-order valence-corrected chi connectivity index (χ4v) is 2.91. The van der Waals surface area contributed by atoms with E-state index in [9.17, 15) is 0 Å². The minimum atomic E-state index is 0.183. The Labute approximate surface area is 98.0 Å². The van der Waals surface area contributed by atoms with E-state index in [1.165, 1.54) is 37.7 Å². The van der Waals surface area contributed by atoms with Crippen LogP contribution >= 0.6 is 0 Å². The third-order valence-electron chi connectivity index (χ3n) is 4.02. The van der Waals surface area contributed by atoms with E-state index in [4.69, 9.17) is 5.73 Å². The van der Waals surface area contributed by atoms with E-state index in [0.717, 1.165) is 5.92 Å². The van der Waals surface area contributed by atoms with Gasteiger partial charge in [0.2, 0.25) is 0 Å². The second kappa shape index (κ2) is 5.00. The summed E-state index contributed by atoms with van der Waals surface area (Å²) in [7, 11) is 1.95. The van der Waals surface area contributed by atoms with E-state index in [0.29, 0.717) is 5.92 Å². The molecule has 2 rings (SSSR count). The zero-order chi connectivity index (χ0) is 11.5. The van der Waals surface area contributed by atoms with Gasteiger partial charge in [0.1, 0.15) is 0 Å². The van der Waals surface area contributed by atoms with E-state index in [-0.39, 0.29) is 6.04 Å². The predicted molar refractivity (Wildman–Crippen MR) is 65.9 cm³/mol. The monoisotopic (exact) mass is 221 g/mol. The standard InChI is InChI=1S/C13H23N3/c1-3-10-5-4-6-11(7-10)13(14)12-8-15-16(2)9-12/h8-11,13H,3-7,14H2,1-2H3. The summed E-state index contributed by atoms with van der Waals surface area (Å²) in [6.45, 7) is 2.29. The lowest BCUT2D eigenvalue weighted by atomic mass is 9.76. The maximum absolute atomic E-state index is 6.35. The topological polar surface area (TPSA) is 43.8 Å². The first-order valence-corrected chi connectivity index (χ1v) is 6.44. The first kappa shape index (κ1) is 11.6. The maximum Gasteiger partial charge on any atom is 0.0537 e. The second-order valence-corrected chi connectivity index (χ2v) is 5.17. The largest absolute Gasteiger partial charge is 0.324 e. The minimum absolute atomic E-state index is 0.183. The molecule has 1 heterocycles. The molecular weight excluding hydrogens is 198 g/mol. The highest BCUT2D eigenvalue weighted by molar-refractivity contribution is 5.11. The highest BCUT2D eigenvalue weighted by atomic mass is 15.2. The smallest absolute Gasteiger partial charge is 0.0537 e. The first-order chi connectivity index (χ1) is 7.70. The van der Waals surface area contributed by atoms with Crippen LogP contribution in [0.3, 0.4) is 0 Å². The van der Waals surface area contributed by atoms with Gasteiger partial charge in [0.05, 0.1) is 6.20 Å². The van der Waals surface area contributed by atoms with Crippen molar-refractivity contribution in [3.8, 4) is 0 Å². The molecule has 90 valence electrons. The van der Waals surface area contributed by atoms with Gasteiger partial charge in [0.15, 0.2) is 0 Å². The van der Waals surface area contributed by atoms with Crippen molar-refractivity contribution in [3.63, 3.8) is 0 Å². The van der Waals surface area contributed by atoms with E-state index in [1.54, 1.807) is 0 Å². The molecule has 1 saturated carbocycles. The van der Waals surface area contributed by atoms with Crippen molar-refractivity contribution in [1.29, 1.82) is 0 Å². The molecule has 1 aromatic rings. The highest BCUT2D eigenvalue weighted by Gasteiger charge is 2.26. The van der Waals surface area contributed by atoms with Crippen molar-refractivity contribution in [1.82, 2.24) is 9.78 Å². The molecule has 3 heteroatoms. The van der Waals surface area contributed by atoms with E-state index < -0.39 is 0 Å². The van der Waals surface area contributed by atoms with Gasteiger partial charge in [-0.3, -0.25) is 4.68 Å². The summed E-state index contributed by atoms with van der Waals surface area (Å²) in [5.41, 5.74) is 7.55. The highest BCUT2D eigenvalue weighted by Crippen LogP contribution is 2.37. The maximum atomic E-state index is 6.35. The molecule has 16 heavy (non-hydrogen) atoms. The Morgan fingerprint density at radius 3 is 3.00 bits per heavy atom. The Hall–Kier alpha value is -0.830. The normalized spacial score (nSPS) is 27.9. The molecule has 2 N–H and O–H groups in total. The molecule has 0 saturated heterocycles. The van der Waals surface area contributed by atoms with Crippen LogP contribution in [-0.4, -0.2) is 9.78 Å². The summed E-state index contributed by atoms with van der Waals surface area (Å²) in [4.78, 5) is 0. The Morgan fingerprint density at radius 1 is 1.56 bits per heavy atom. The molecule has 0 aliphatic heterocycles. The van der Waals surface area contributed by atoms with Gasteiger partial charge in [-0.2, -0.15) is 5.10 Å². The van der Waals surface area contributed by atoms with Gasteiger partial charge >= 0.3 is 0 Å². The lowest BCUT2D eigenvalue weighted by Crippen LogP contribution is -2.26. The molecule has 0 amide bonds. The number of aryl methyl sites for hydroxylation is 1. The van der Waals surface area contributed by atoms with Crippen LogP contribution in [0.1, 0.15) is 50.6 Å². The lowest BCUT2D eigenvalue weighted by molar-refractivity contribution is 0.230. The molecule has 3 unspecified atom stereocenters. The number of aromatic nitrogens is 2. The average Bonchev–Trinajstić information content (AvgIpc) is 2.75. The van der Waals surface area contributed by atoms with Gasteiger partial charge in [0.25, 0.3) is 0 Å². The van der Waals surface area contributed by atoms with E-state index in [1.807, 2.05) is 17.9 Å². The number of hydrogen-bond acceptors (Lipinski definition) is 2. The van der Waals surface area contributed by atoms with Crippen LogP contribution in [0.5, 0.6) is 0 Å². The Morgan fingerprint density at radius 2 is 2.38 bits per heavy atom. The minimum Gasteiger partial charge on any atom is -0.324 e. The van der Waals surface area contributed by atoms with Crippen molar-refractivity contribution in [2.75, 3.05) is 0 Å². The Balaban J connectivity index is 2.01. The summed E-state index contributed by atoms with van der Waals surface area (Å²) < 4.78 is 1.84.